The Balaban J connectivity index is 3.05. The molecule has 1 aromatic carbocycles. The highest BCUT2D eigenvalue weighted by Gasteiger charge is 2.18. The number of nitro benzene ring substituents is 1. The molecule has 0 atom stereocenters. The number of benzene rings is 1. The lowest BCUT2D eigenvalue weighted by molar-refractivity contribution is -0.385. The molecule has 1 aromatic rings. The summed E-state index contributed by atoms with van der Waals surface area (Å²) in [5, 5.41) is 10.7. The molecular weight excluding hydrogens is 300 g/mol. The van der Waals surface area contributed by atoms with Crippen LogP contribution in [-0.4, -0.2) is 19.4 Å². The van der Waals surface area contributed by atoms with Crippen molar-refractivity contribution in [3.05, 3.63) is 33.4 Å². The average Bonchev–Trinajstić information content (AvgIpc) is 2.18. The largest absolute Gasteiger partial charge is 0.427 e. The highest BCUT2D eigenvalue weighted by Crippen LogP contribution is 2.28. The second kappa shape index (κ2) is 5.41. The van der Waals surface area contributed by atoms with Crippen LogP contribution in [0.3, 0.4) is 0 Å². The van der Waals surface area contributed by atoms with E-state index in [-0.39, 0.29) is 11.4 Å². The van der Waals surface area contributed by atoms with Crippen LogP contribution in [0.25, 0.3) is 0 Å². The fourth-order valence-electron chi connectivity index (χ4n) is 1.35. The molecule has 8 nitrogen and oxygen atoms in total. The summed E-state index contributed by atoms with van der Waals surface area (Å²) in [6, 6.07) is 2.47. The van der Waals surface area contributed by atoms with Crippen molar-refractivity contribution in [2.24, 2.45) is 0 Å². The van der Waals surface area contributed by atoms with Crippen molar-refractivity contribution in [1.82, 2.24) is 4.72 Å². The molecule has 0 fully saturated rings. The number of aryl methyl sites for hydroxylation is 2. The molecule has 1 amide bonds. The molecule has 10 heteroatoms. The Morgan fingerprint density at radius 3 is 2.42 bits per heavy atom. The van der Waals surface area contributed by atoms with Crippen molar-refractivity contribution in [2.75, 3.05) is 0 Å². The Labute approximate surface area is 113 Å². The molecule has 0 radical (unpaired) electrons. The Hall–Kier alpha value is -1.87. The van der Waals surface area contributed by atoms with Crippen molar-refractivity contribution in [3.63, 3.8) is 0 Å². The van der Waals surface area contributed by atoms with E-state index in [1.165, 1.54) is 17.7 Å². The van der Waals surface area contributed by atoms with Crippen LogP contribution >= 0.6 is 10.7 Å². The third-order valence-electron chi connectivity index (χ3n) is 2.10. The van der Waals surface area contributed by atoms with Crippen molar-refractivity contribution < 1.29 is 22.9 Å². The lowest BCUT2D eigenvalue weighted by atomic mass is 10.1. The van der Waals surface area contributed by atoms with Gasteiger partial charge in [-0.3, -0.25) is 10.1 Å². The van der Waals surface area contributed by atoms with Gasteiger partial charge in [-0.05, 0) is 25.5 Å². The van der Waals surface area contributed by atoms with Gasteiger partial charge >= 0.3 is 15.3 Å². The number of halogens is 1. The first-order chi connectivity index (χ1) is 8.60. The van der Waals surface area contributed by atoms with Crippen LogP contribution in [0, 0.1) is 24.0 Å². The summed E-state index contributed by atoms with van der Waals surface area (Å²) < 4.78 is 27.2. The zero-order valence-electron chi connectivity index (χ0n) is 9.84. The highest BCUT2D eigenvalue weighted by molar-refractivity contribution is 8.12. The molecule has 19 heavy (non-hydrogen) atoms. The van der Waals surface area contributed by atoms with Gasteiger partial charge in [0.2, 0.25) is 0 Å². The number of amides is 1. The Bertz CT molecular complexity index is 642. The van der Waals surface area contributed by atoms with E-state index in [0.717, 1.165) is 6.07 Å². The van der Waals surface area contributed by atoms with Crippen LogP contribution in [0.5, 0.6) is 5.75 Å². The van der Waals surface area contributed by atoms with Crippen molar-refractivity contribution >= 4 is 31.7 Å². The van der Waals surface area contributed by atoms with E-state index in [4.69, 9.17) is 10.7 Å². The number of nitrogens with zero attached hydrogens (tertiary/aromatic N) is 1. The van der Waals surface area contributed by atoms with Gasteiger partial charge in [-0.15, -0.1) is 0 Å². The number of nitrogens with one attached hydrogen (secondary N) is 1. The van der Waals surface area contributed by atoms with Crippen LogP contribution in [-0.2, 0) is 9.24 Å². The summed E-state index contributed by atoms with van der Waals surface area (Å²) in [5.41, 5.74) is 0.576. The zero-order valence-corrected chi connectivity index (χ0v) is 11.4. The van der Waals surface area contributed by atoms with Gasteiger partial charge in [0, 0.05) is 16.2 Å². The van der Waals surface area contributed by atoms with E-state index in [0.29, 0.717) is 11.1 Å². The molecular formula is C9H9ClN2O6S. The lowest BCUT2D eigenvalue weighted by Crippen LogP contribution is -2.29. The molecule has 104 valence electrons. The van der Waals surface area contributed by atoms with Crippen LogP contribution in [0.1, 0.15) is 11.1 Å². The van der Waals surface area contributed by atoms with Gasteiger partial charge in [0.25, 0.3) is 5.69 Å². The maximum atomic E-state index is 11.2. The first kappa shape index (κ1) is 15.2. The normalized spacial score (nSPS) is 10.9. The Morgan fingerprint density at radius 2 is 1.95 bits per heavy atom. The molecule has 1 rings (SSSR count). The standard InChI is InChI=1S/C9H9ClN2O6S/c1-5-3-6(2)8(4-7(5)12(14)15)18-9(13)11-19(10,16)17/h3-4H,1-2H3,(H,11,13). The van der Waals surface area contributed by atoms with E-state index in [1.807, 2.05) is 0 Å². The molecule has 0 aliphatic rings. The summed E-state index contributed by atoms with van der Waals surface area (Å²) in [5.74, 6) is -0.130. The zero-order chi connectivity index (χ0) is 14.8. The van der Waals surface area contributed by atoms with E-state index >= 15 is 0 Å². The van der Waals surface area contributed by atoms with Crippen LogP contribution in [0.2, 0.25) is 0 Å². The van der Waals surface area contributed by atoms with Gasteiger partial charge in [0.1, 0.15) is 5.75 Å². The summed E-state index contributed by atoms with van der Waals surface area (Å²) in [7, 11) is 0.516. The highest BCUT2D eigenvalue weighted by atomic mass is 35.7. The summed E-state index contributed by atoms with van der Waals surface area (Å²) in [6.45, 7) is 3.08. The van der Waals surface area contributed by atoms with Gasteiger partial charge in [-0.2, -0.15) is 8.42 Å². The number of carbonyl (C=O) groups is 1. The van der Waals surface area contributed by atoms with Gasteiger partial charge in [0.15, 0.2) is 0 Å². The minimum absolute atomic E-state index is 0.130. The van der Waals surface area contributed by atoms with Crippen molar-refractivity contribution in [1.29, 1.82) is 0 Å². The summed E-state index contributed by atoms with van der Waals surface area (Å²) >= 11 is 0. The van der Waals surface area contributed by atoms with Crippen molar-refractivity contribution in [2.45, 2.75) is 13.8 Å². The smallest absolute Gasteiger partial charge is 0.409 e. The fraction of sp³-hybridized carbons (Fsp3) is 0.222. The van der Waals surface area contributed by atoms with Crippen molar-refractivity contribution in [3.8, 4) is 5.75 Å². The SMILES string of the molecule is Cc1cc(C)c([N+](=O)[O-])cc1OC(=O)NS(=O)(=O)Cl. The summed E-state index contributed by atoms with van der Waals surface area (Å²) in [6.07, 6.45) is -1.35. The first-order valence-corrected chi connectivity index (χ1v) is 7.11. The minimum atomic E-state index is -4.28. The predicted octanol–water partition coefficient (Wildman–Crippen LogP) is 1.78. The van der Waals surface area contributed by atoms with Crippen LogP contribution in [0.15, 0.2) is 12.1 Å². The Morgan fingerprint density at radius 1 is 1.37 bits per heavy atom. The van der Waals surface area contributed by atoms with Crippen LogP contribution < -0.4 is 9.46 Å². The third-order valence-corrected chi connectivity index (χ3v) is 2.74. The Kier molecular flexibility index (Phi) is 4.32. The molecule has 0 unspecified atom stereocenters. The number of hydrogen-bond donors (Lipinski definition) is 1. The van der Waals surface area contributed by atoms with E-state index < -0.39 is 20.3 Å². The number of carbonyl (C=O) groups excluding carboxylic acids is 1. The van der Waals surface area contributed by atoms with Crippen LogP contribution in [0.4, 0.5) is 10.5 Å². The molecule has 0 saturated carbocycles. The maximum absolute atomic E-state index is 11.2. The summed E-state index contributed by atoms with van der Waals surface area (Å²) in [4.78, 5) is 21.3. The number of rotatable bonds is 3. The second-order valence-corrected chi connectivity index (χ2v) is 5.89. The van der Waals surface area contributed by atoms with E-state index in [2.05, 4.69) is 4.74 Å². The third kappa shape index (κ3) is 4.38. The molecule has 0 bridgehead atoms. The molecule has 0 aromatic heterocycles. The van der Waals surface area contributed by atoms with E-state index in [9.17, 15) is 23.3 Å². The van der Waals surface area contributed by atoms with Gasteiger partial charge in [0.05, 0.1) is 11.0 Å². The molecule has 0 saturated heterocycles. The lowest BCUT2D eigenvalue weighted by Gasteiger charge is -2.08. The molecule has 0 spiro atoms. The van der Waals surface area contributed by atoms with Gasteiger partial charge in [-0.25, -0.2) is 9.52 Å². The number of hydrogen-bond acceptors (Lipinski definition) is 6. The second-order valence-electron chi connectivity index (χ2n) is 3.59. The minimum Gasteiger partial charge on any atom is -0.409 e. The molecule has 1 N–H and O–H groups in total. The fourth-order valence-corrected chi connectivity index (χ4v) is 1.78. The maximum Gasteiger partial charge on any atom is 0.427 e. The molecule has 0 aliphatic carbocycles. The number of nitro groups is 1. The predicted molar refractivity (Wildman–Crippen MR) is 66.5 cm³/mol. The average molecular weight is 309 g/mol. The van der Waals surface area contributed by atoms with Gasteiger partial charge in [-0.1, -0.05) is 0 Å². The monoisotopic (exact) mass is 308 g/mol. The molecule has 0 aliphatic heterocycles. The quantitative estimate of drug-likeness (QED) is 0.517. The first-order valence-electron chi connectivity index (χ1n) is 4.80. The topological polar surface area (TPSA) is 116 Å². The number of ether oxygens (including phenoxy) is 1. The van der Waals surface area contributed by atoms with Gasteiger partial charge < -0.3 is 4.74 Å². The van der Waals surface area contributed by atoms with E-state index in [1.54, 1.807) is 6.92 Å². The molecule has 0 heterocycles.